The first-order chi connectivity index (χ1) is 11.6. The van der Waals surface area contributed by atoms with Gasteiger partial charge in [-0.05, 0) is 29.8 Å². The van der Waals surface area contributed by atoms with E-state index in [1.807, 2.05) is 0 Å². The van der Waals surface area contributed by atoms with Gasteiger partial charge in [-0.1, -0.05) is 24.3 Å². The van der Waals surface area contributed by atoms with Crippen molar-refractivity contribution < 1.29 is 23.0 Å². The number of hydrogen-bond donors (Lipinski definition) is 0. The molecule has 3 rings (SSSR count). The second-order valence-electron chi connectivity index (χ2n) is 5.47. The molecule has 0 unspecified atom stereocenters. The van der Waals surface area contributed by atoms with Gasteiger partial charge in [0.05, 0.1) is 13.2 Å². The zero-order valence-corrected chi connectivity index (χ0v) is 13.0. The van der Waals surface area contributed by atoms with Crippen LogP contribution in [-0.4, -0.2) is 37.1 Å². The number of carbonyl (C=O) groups is 1. The first-order valence-electron chi connectivity index (χ1n) is 7.65. The number of nitrogens with zero attached hydrogens (tertiary/aromatic N) is 1. The molecule has 126 valence electrons. The largest absolute Gasteiger partial charge is 0.481 e. The minimum atomic E-state index is -0.503. The number of halogens is 2. The number of rotatable bonds is 4. The summed E-state index contributed by atoms with van der Waals surface area (Å²) in [5.74, 6) is -1.01. The molecule has 2 aromatic carbocycles. The van der Waals surface area contributed by atoms with Gasteiger partial charge in [0.25, 0.3) is 5.91 Å². The van der Waals surface area contributed by atoms with Crippen molar-refractivity contribution in [3.05, 3.63) is 65.7 Å². The molecule has 0 N–H and O–H groups in total. The summed E-state index contributed by atoms with van der Waals surface area (Å²) in [6.07, 6.45) is -0.309. The van der Waals surface area contributed by atoms with Crippen LogP contribution in [0.2, 0.25) is 0 Å². The standard InChI is InChI=1S/C18H17F2NO3/c19-14-7-5-13(6-8-14)17-11-21(9-10-23-17)18(22)12-24-16-4-2-1-3-15(16)20/h1-8,17H,9-12H2/t17-/m1/s1. The number of carbonyl (C=O) groups excluding carboxylic acids is 1. The SMILES string of the molecule is O=C(COc1ccccc1F)N1CCO[C@@H](c2ccc(F)cc2)C1. The van der Waals surface area contributed by atoms with Crippen molar-refractivity contribution in [2.75, 3.05) is 26.3 Å². The Morgan fingerprint density at radius 1 is 1.17 bits per heavy atom. The van der Waals surface area contributed by atoms with E-state index in [0.717, 1.165) is 5.56 Å². The number of para-hydroxylation sites is 1. The molecule has 0 bridgehead atoms. The van der Waals surface area contributed by atoms with Crippen LogP contribution < -0.4 is 4.74 Å². The Labute approximate surface area is 138 Å². The average molecular weight is 333 g/mol. The Morgan fingerprint density at radius 3 is 2.67 bits per heavy atom. The maximum absolute atomic E-state index is 13.5. The molecule has 0 saturated carbocycles. The van der Waals surface area contributed by atoms with Crippen LogP contribution in [-0.2, 0) is 9.53 Å². The third-order valence-corrected chi connectivity index (χ3v) is 3.85. The van der Waals surface area contributed by atoms with Gasteiger partial charge in [0, 0.05) is 6.54 Å². The molecule has 1 atom stereocenters. The highest BCUT2D eigenvalue weighted by atomic mass is 19.1. The highest BCUT2D eigenvalue weighted by Gasteiger charge is 2.25. The highest BCUT2D eigenvalue weighted by Crippen LogP contribution is 2.23. The minimum absolute atomic E-state index is 0.0502. The van der Waals surface area contributed by atoms with Gasteiger partial charge in [0.1, 0.15) is 11.9 Å². The minimum Gasteiger partial charge on any atom is -0.481 e. The van der Waals surface area contributed by atoms with Crippen molar-refractivity contribution in [2.45, 2.75) is 6.10 Å². The molecule has 0 aromatic heterocycles. The Morgan fingerprint density at radius 2 is 1.92 bits per heavy atom. The summed E-state index contributed by atoms with van der Waals surface area (Å²) in [6.45, 7) is 0.937. The Bertz CT molecular complexity index is 706. The number of amides is 1. The fourth-order valence-electron chi connectivity index (χ4n) is 2.55. The second-order valence-corrected chi connectivity index (χ2v) is 5.47. The van der Waals surface area contributed by atoms with E-state index >= 15 is 0 Å². The van der Waals surface area contributed by atoms with Gasteiger partial charge in [-0.15, -0.1) is 0 Å². The van der Waals surface area contributed by atoms with Crippen molar-refractivity contribution in [1.29, 1.82) is 0 Å². The fourth-order valence-corrected chi connectivity index (χ4v) is 2.55. The maximum atomic E-state index is 13.5. The van der Waals surface area contributed by atoms with Gasteiger partial charge >= 0.3 is 0 Å². The van der Waals surface area contributed by atoms with E-state index in [0.29, 0.717) is 19.7 Å². The topological polar surface area (TPSA) is 38.8 Å². The van der Waals surface area contributed by atoms with Gasteiger partial charge in [-0.2, -0.15) is 0 Å². The molecular weight excluding hydrogens is 316 g/mol. The van der Waals surface area contributed by atoms with Gasteiger partial charge in [0.2, 0.25) is 0 Å². The zero-order valence-electron chi connectivity index (χ0n) is 13.0. The highest BCUT2D eigenvalue weighted by molar-refractivity contribution is 5.78. The summed E-state index contributed by atoms with van der Waals surface area (Å²) in [7, 11) is 0. The van der Waals surface area contributed by atoms with Crippen LogP contribution in [0.4, 0.5) is 8.78 Å². The molecule has 1 saturated heterocycles. The molecule has 1 heterocycles. The Kier molecular flexibility index (Phi) is 5.05. The number of benzene rings is 2. The molecule has 4 nitrogen and oxygen atoms in total. The first kappa shape index (κ1) is 16.4. The van der Waals surface area contributed by atoms with Crippen LogP contribution >= 0.6 is 0 Å². The van der Waals surface area contributed by atoms with Crippen LogP contribution in [0.25, 0.3) is 0 Å². The second kappa shape index (κ2) is 7.40. The predicted octanol–water partition coefficient (Wildman–Crippen LogP) is 2.94. The quantitative estimate of drug-likeness (QED) is 0.863. The lowest BCUT2D eigenvalue weighted by Crippen LogP contribution is -2.44. The Hall–Kier alpha value is -2.47. The summed E-state index contributed by atoms with van der Waals surface area (Å²) in [4.78, 5) is 13.9. The van der Waals surface area contributed by atoms with Gasteiger partial charge < -0.3 is 14.4 Å². The molecule has 1 aliphatic rings. The van der Waals surface area contributed by atoms with E-state index in [9.17, 15) is 13.6 Å². The van der Waals surface area contributed by atoms with Crippen molar-refractivity contribution >= 4 is 5.91 Å². The normalized spacial score (nSPS) is 17.6. The van der Waals surface area contributed by atoms with E-state index in [1.54, 1.807) is 29.2 Å². The molecule has 0 radical (unpaired) electrons. The lowest BCUT2D eigenvalue weighted by Gasteiger charge is -2.33. The Balaban J connectivity index is 1.59. The summed E-state index contributed by atoms with van der Waals surface area (Å²) in [6, 6.07) is 12.0. The fraction of sp³-hybridized carbons (Fsp3) is 0.278. The lowest BCUT2D eigenvalue weighted by molar-refractivity contribution is -0.141. The monoisotopic (exact) mass is 333 g/mol. The molecule has 6 heteroatoms. The van der Waals surface area contributed by atoms with Crippen LogP contribution in [0.1, 0.15) is 11.7 Å². The van der Waals surface area contributed by atoms with Crippen molar-refractivity contribution in [3.63, 3.8) is 0 Å². The maximum Gasteiger partial charge on any atom is 0.260 e. The average Bonchev–Trinajstić information content (AvgIpc) is 2.61. The molecule has 1 fully saturated rings. The van der Waals surface area contributed by atoms with Crippen LogP contribution in [0.5, 0.6) is 5.75 Å². The van der Waals surface area contributed by atoms with Gasteiger partial charge in [0.15, 0.2) is 18.2 Å². The van der Waals surface area contributed by atoms with E-state index in [2.05, 4.69) is 0 Å². The third-order valence-electron chi connectivity index (χ3n) is 3.85. The summed E-state index contributed by atoms with van der Waals surface area (Å²) in [5, 5.41) is 0. The first-order valence-corrected chi connectivity index (χ1v) is 7.65. The molecule has 0 spiro atoms. The van der Waals surface area contributed by atoms with Crippen molar-refractivity contribution in [3.8, 4) is 5.75 Å². The van der Waals surface area contributed by atoms with Crippen molar-refractivity contribution in [2.24, 2.45) is 0 Å². The summed E-state index contributed by atoms with van der Waals surface area (Å²) in [5.41, 5.74) is 0.809. The van der Waals surface area contributed by atoms with Crippen LogP contribution in [0, 0.1) is 11.6 Å². The molecule has 1 amide bonds. The van der Waals surface area contributed by atoms with E-state index in [4.69, 9.17) is 9.47 Å². The number of hydrogen-bond acceptors (Lipinski definition) is 3. The summed E-state index contributed by atoms with van der Waals surface area (Å²) < 4.78 is 37.4. The van der Waals surface area contributed by atoms with Crippen LogP contribution in [0.3, 0.4) is 0 Å². The summed E-state index contributed by atoms with van der Waals surface area (Å²) >= 11 is 0. The number of ether oxygens (including phenoxy) is 2. The third kappa shape index (κ3) is 3.89. The number of morpholine rings is 1. The molecule has 24 heavy (non-hydrogen) atoms. The van der Waals surface area contributed by atoms with Gasteiger partial charge in [-0.3, -0.25) is 4.79 Å². The molecule has 0 aliphatic carbocycles. The predicted molar refractivity (Wildman–Crippen MR) is 83.6 cm³/mol. The van der Waals surface area contributed by atoms with Crippen molar-refractivity contribution in [1.82, 2.24) is 4.90 Å². The zero-order chi connectivity index (χ0) is 16.9. The lowest BCUT2D eigenvalue weighted by atomic mass is 10.1. The molecular formula is C18H17F2NO3. The van der Waals surface area contributed by atoms with E-state index < -0.39 is 5.82 Å². The van der Waals surface area contributed by atoms with Crippen LogP contribution in [0.15, 0.2) is 48.5 Å². The molecule has 1 aliphatic heterocycles. The van der Waals surface area contributed by atoms with E-state index in [-0.39, 0.29) is 30.2 Å². The van der Waals surface area contributed by atoms with E-state index in [1.165, 1.54) is 24.3 Å². The van der Waals surface area contributed by atoms with Gasteiger partial charge in [-0.25, -0.2) is 8.78 Å². The smallest absolute Gasteiger partial charge is 0.260 e. The molecule has 2 aromatic rings.